The van der Waals surface area contributed by atoms with E-state index < -0.39 is 0 Å². The number of rotatable bonds is 6. The summed E-state index contributed by atoms with van der Waals surface area (Å²) in [7, 11) is 7.87. The third-order valence-corrected chi connectivity index (χ3v) is 4.77. The van der Waals surface area contributed by atoms with Gasteiger partial charge in [-0.3, -0.25) is 9.59 Å². The molecular formula is C21H26N4O2. The van der Waals surface area contributed by atoms with Crippen LogP contribution in [0.15, 0.2) is 48.5 Å². The number of nitrogens with zero attached hydrogens (tertiary/aromatic N) is 2. The van der Waals surface area contributed by atoms with Gasteiger partial charge in [0.2, 0.25) is 11.8 Å². The first-order valence-electron chi connectivity index (χ1n) is 9.01. The van der Waals surface area contributed by atoms with Crippen LogP contribution in [-0.2, 0) is 9.59 Å². The average Bonchev–Trinajstić information content (AvgIpc) is 3.43. The van der Waals surface area contributed by atoms with Crippen LogP contribution in [0.5, 0.6) is 0 Å². The Hall–Kier alpha value is -3.02. The molecule has 2 amide bonds. The molecule has 3 rings (SSSR count). The van der Waals surface area contributed by atoms with Crippen molar-refractivity contribution in [3.8, 4) is 0 Å². The Bertz CT molecular complexity index is 744. The van der Waals surface area contributed by atoms with E-state index in [0.29, 0.717) is 6.42 Å². The molecule has 1 aliphatic rings. The van der Waals surface area contributed by atoms with Crippen LogP contribution in [0.4, 0.5) is 22.7 Å². The minimum atomic E-state index is -0.264. The van der Waals surface area contributed by atoms with Crippen LogP contribution in [0.3, 0.4) is 0 Å². The highest BCUT2D eigenvalue weighted by atomic mass is 16.2. The molecule has 0 heterocycles. The van der Waals surface area contributed by atoms with Gasteiger partial charge in [-0.25, -0.2) is 0 Å². The topological polar surface area (TPSA) is 64.7 Å². The van der Waals surface area contributed by atoms with Gasteiger partial charge < -0.3 is 20.4 Å². The Balaban J connectivity index is 1.52. The van der Waals surface area contributed by atoms with Crippen molar-refractivity contribution in [1.29, 1.82) is 0 Å². The van der Waals surface area contributed by atoms with Crippen molar-refractivity contribution in [2.75, 3.05) is 48.6 Å². The molecule has 1 saturated carbocycles. The zero-order valence-electron chi connectivity index (χ0n) is 16.2. The first kappa shape index (κ1) is 18.8. The molecule has 0 bridgehead atoms. The summed E-state index contributed by atoms with van der Waals surface area (Å²) >= 11 is 0. The Labute approximate surface area is 160 Å². The zero-order chi connectivity index (χ0) is 19.6. The predicted octanol–water partition coefficient (Wildman–Crippen LogP) is 3.03. The molecule has 0 radical (unpaired) electrons. The van der Waals surface area contributed by atoms with Gasteiger partial charge in [-0.05, 0) is 55.0 Å². The van der Waals surface area contributed by atoms with Gasteiger partial charge in [0.25, 0.3) is 0 Å². The monoisotopic (exact) mass is 366 g/mol. The fourth-order valence-electron chi connectivity index (χ4n) is 2.93. The van der Waals surface area contributed by atoms with Crippen molar-refractivity contribution in [3.05, 3.63) is 48.5 Å². The van der Waals surface area contributed by atoms with Crippen molar-refractivity contribution >= 4 is 34.6 Å². The molecule has 2 N–H and O–H groups in total. The smallest absolute Gasteiger partial charge is 0.228 e. The van der Waals surface area contributed by atoms with Crippen LogP contribution in [0.2, 0.25) is 0 Å². The first-order valence-corrected chi connectivity index (χ1v) is 9.01. The number of carbonyl (C=O) groups is 2. The summed E-state index contributed by atoms with van der Waals surface area (Å²) in [6, 6.07) is 15.3. The second-order valence-electron chi connectivity index (χ2n) is 7.31. The predicted molar refractivity (Wildman–Crippen MR) is 110 cm³/mol. The summed E-state index contributed by atoms with van der Waals surface area (Å²) < 4.78 is 0. The molecule has 2 atom stereocenters. The quantitative estimate of drug-likeness (QED) is 0.825. The van der Waals surface area contributed by atoms with E-state index in [4.69, 9.17) is 0 Å². The molecule has 27 heavy (non-hydrogen) atoms. The van der Waals surface area contributed by atoms with Crippen LogP contribution >= 0.6 is 0 Å². The van der Waals surface area contributed by atoms with Gasteiger partial charge in [0, 0.05) is 50.9 Å². The maximum absolute atomic E-state index is 12.4. The average molecular weight is 366 g/mol. The molecule has 2 aromatic rings. The number of anilines is 4. The fraction of sp³-hybridized carbons (Fsp3) is 0.333. The van der Waals surface area contributed by atoms with E-state index in [0.717, 1.165) is 22.7 Å². The van der Waals surface area contributed by atoms with Crippen molar-refractivity contribution in [3.63, 3.8) is 0 Å². The Kier molecular flexibility index (Phi) is 5.35. The standard InChI is InChI=1S/C21H26N4O2/c1-24(2)16-9-5-14(6-10-16)22-20(26)18-13-19(18)21(27)23-15-7-11-17(12-8-15)25(3)4/h5-12,18-19H,13H2,1-4H3,(H,22,26)(H,23,27). The van der Waals surface area contributed by atoms with Crippen molar-refractivity contribution in [2.45, 2.75) is 6.42 Å². The van der Waals surface area contributed by atoms with E-state index >= 15 is 0 Å². The SMILES string of the molecule is CN(C)c1ccc(NC(=O)C2CC2C(=O)Nc2ccc(N(C)C)cc2)cc1. The summed E-state index contributed by atoms with van der Waals surface area (Å²) in [6.45, 7) is 0. The van der Waals surface area contributed by atoms with Crippen molar-refractivity contribution in [1.82, 2.24) is 0 Å². The number of hydrogen-bond acceptors (Lipinski definition) is 4. The van der Waals surface area contributed by atoms with Crippen LogP contribution in [0.25, 0.3) is 0 Å². The molecule has 0 spiro atoms. The molecular weight excluding hydrogens is 340 g/mol. The lowest BCUT2D eigenvalue weighted by Gasteiger charge is -2.13. The number of nitrogens with one attached hydrogen (secondary N) is 2. The number of benzene rings is 2. The van der Waals surface area contributed by atoms with Crippen LogP contribution in [0.1, 0.15) is 6.42 Å². The van der Waals surface area contributed by atoms with Gasteiger partial charge >= 0.3 is 0 Å². The molecule has 0 aromatic heterocycles. The Morgan fingerprint density at radius 2 is 1.04 bits per heavy atom. The summed E-state index contributed by atoms with van der Waals surface area (Å²) in [4.78, 5) is 28.7. The Morgan fingerprint density at radius 1 is 0.704 bits per heavy atom. The molecule has 2 aromatic carbocycles. The normalized spacial score (nSPS) is 17.8. The first-order chi connectivity index (χ1) is 12.8. The zero-order valence-corrected chi connectivity index (χ0v) is 16.2. The van der Waals surface area contributed by atoms with Gasteiger partial charge in [0.05, 0.1) is 11.8 Å². The van der Waals surface area contributed by atoms with Crippen LogP contribution in [-0.4, -0.2) is 40.0 Å². The molecule has 2 unspecified atom stereocenters. The largest absolute Gasteiger partial charge is 0.378 e. The Morgan fingerprint density at radius 3 is 1.33 bits per heavy atom. The lowest BCUT2D eigenvalue weighted by atomic mass is 10.2. The lowest BCUT2D eigenvalue weighted by molar-refractivity contribution is -0.122. The highest BCUT2D eigenvalue weighted by Crippen LogP contribution is 2.40. The van der Waals surface area contributed by atoms with Gasteiger partial charge in [-0.15, -0.1) is 0 Å². The summed E-state index contributed by atoms with van der Waals surface area (Å²) in [5.41, 5.74) is 3.63. The number of amides is 2. The van der Waals surface area contributed by atoms with Gasteiger partial charge in [0.1, 0.15) is 0 Å². The van der Waals surface area contributed by atoms with E-state index in [-0.39, 0.29) is 23.7 Å². The summed E-state index contributed by atoms with van der Waals surface area (Å²) in [5.74, 6) is -0.731. The van der Waals surface area contributed by atoms with E-state index in [1.807, 2.05) is 86.5 Å². The minimum Gasteiger partial charge on any atom is -0.378 e. The van der Waals surface area contributed by atoms with Crippen molar-refractivity contribution < 1.29 is 9.59 Å². The van der Waals surface area contributed by atoms with Crippen LogP contribution in [0, 0.1) is 11.8 Å². The van der Waals surface area contributed by atoms with Gasteiger partial charge in [0.15, 0.2) is 0 Å². The summed E-state index contributed by atoms with van der Waals surface area (Å²) in [5, 5.41) is 5.79. The molecule has 6 heteroatoms. The maximum atomic E-state index is 12.4. The number of hydrogen-bond donors (Lipinski definition) is 2. The molecule has 1 fully saturated rings. The maximum Gasteiger partial charge on any atom is 0.228 e. The molecule has 0 aliphatic heterocycles. The molecule has 142 valence electrons. The lowest BCUT2D eigenvalue weighted by Crippen LogP contribution is -2.20. The molecule has 0 saturated heterocycles. The second kappa shape index (κ2) is 7.70. The van der Waals surface area contributed by atoms with E-state index in [1.165, 1.54) is 0 Å². The third kappa shape index (κ3) is 4.58. The van der Waals surface area contributed by atoms with Gasteiger partial charge in [-0.1, -0.05) is 0 Å². The van der Waals surface area contributed by atoms with Crippen molar-refractivity contribution in [2.24, 2.45) is 11.8 Å². The molecule has 1 aliphatic carbocycles. The summed E-state index contributed by atoms with van der Waals surface area (Å²) in [6.07, 6.45) is 0.587. The van der Waals surface area contributed by atoms with Crippen LogP contribution < -0.4 is 20.4 Å². The molecule has 6 nitrogen and oxygen atoms in total. The van der Waals surface area contributed by atoms with E-state index in [1.54, 1.807) is 0 Å². The van der Waals surface area contributed by atoms with Gasteiger partial charge in [-0.2, -0.15) is 0 Å². The fourth-order valence-corrected chi connectivity index (χ4v) is 2.93. The van der Waals surface area contributed by atoms with E-state index in [9.17, 15) is 9.59 Å². The third-order valence-electron chi connectivity index (χ3n) is 4.77. The second-order valence-corrected chi connectivity index (χ2v) is 7.31. The highest BCUT2D eigenvalue weighted by Gasteiger charge is 2.48. The highest BCUT2D eigenvalue weighted by molar-refractivity contribution is 6.03. The van der Waals surface area contributed by atoms with E-state index in [2.05, 4.69) is 10.6 Å². The minimum absolute atomic E-state index is 0.101. The number of carbonyl (C=O) groups excluding carboxylic acids is 2.